The van der Waals surface area contributed by atoms with E-state index in [4.69, 9.17) is 11.6 Å². The maximum Gasteiger partial charge on any atom is 0.178 e. The first-order valence-corrected chi connectivity index (χ1v) is 8.51. The van der Waals surface area contributed by atoms with Crippen molar-refractivity contribution in [3.05, 3.63) is 52.8 Å². The monoisotopic (exact) mass is 343 g/mol. The van der Waals surface area contributed by atoms with Crippen molar-refractivity contribution >= 4 is 23.1 Å². The fraction of sp³-hybridized carbons (Fsp3) is 0.389. The Hall–Kier alpha value is -2.14. The predicted octanol–water partition coefficient (Wildman–Crippen LogP) is 4.64. The van der Waals surface area contributed by atoms with Crippen LogP contribution in [0.3, 0.4) is 0 Å². The fourth-order valence-corrected chi connectivity index (χ4v) is 2.86. The summed E-state index contributed by atoms with van der Waals surface area (Å²) in [6, 6.07) is 11.9. The summed E-state index contributed by atoms with van der Waals surface area (Å²) in [5, 5.41) is 17.4. The summed E-state index contributed by atoms with van der Waals surface area (Å²) in [5.74, 6) is 1.64. The molecule has 0 saturated carbocycles. The van der Waals surface area contributed by atoms with Crippen molar-refractivity contribution in [1.29, 1.82) is 0 Å². The Morgan fingerprint density at radius 1 is 1.17 bits per heavy atom. The first kappa shape index (κ1) is 16.7. The van der Waals surface area contributed by atoms with Gasteiger partial charge in [-0.05, 0) is 36.2 Å². The molecule has 1 aromatic carbocycles. The van der Waals surface area contributed by atoms with Crippen LogP contribution in [0, 0.1) is 0 Å². The number of halogens is 1. The molecule has 0 aliphatic carbocycles. The molecule has 6 heteroatoms. The Bertz CT molecular complexity index is 850. The van der Waals surface area contributed by atoms with E-state index >= 15 is 0 Å². The van der Waals surface area contributed by atoms with E-state index in [1.807, 2.05) is 34.8 Å². The summed E-state index contributed by atoms with van der Waals surface area (Å²) in [6.45, 7) is 8.45. The molecule has 0 amide bonds. The molecule has 2 aromatic heterocycles. The maximum absolute atomic E-state index is 6.12. The third-order valence-corrected chi connectivity index (χ3v) is 4.15. The molecule has 1 atom stereocenters. The van der Waals surface area contributed by atoms with Crippen molar-refractivity contribution in [2.45, 2.75) is 45.6 Å². The van der Waals surface area contributed by atoms with Crippen molar-refractivity contribution in [3.8, 4) is 0 Å². The molecular weight excluding hydrogens is 322 g/mol. The minimum absolute atomic E-state index is 0.123. The van der Waals surface area contributed by atoms with Crippen LogP contribution in [0.15, 0.2) is 36.4 Å². The number of hydrogen-bond donors (Lipinski definition) is 1. The molecule has 0 aliphatic heterocycles. The Balaban J connectivity index is 1.94. The van der Waals surface area contributed by atoms with E-state index in [1.165, 1.54) is 0 Å². The number of nitrogens with zero attached hydrogens (tertiary/aromatic N) is 4. The van der Waals surface area contributed by atoms with E-state index in [1.54, 1.807) is 0 Å². The summed E-state index contributed by atoms with van der Waals surface area (Å²) in [6.07, 6.45) is 0.925. The zero-order chi connectivity index (χ0) is 17.3. The lowest BCUT2D eigenvalue weighted by atomic mass is 9.96. The van der Waals surface area contributed by atoms with Gasteiger partial charge >= 0.3 is 0 Å². The van der Waals surface area contributed by atoms with Crippen LogP contribution >= 0.6 is 11.6 Å². The number of hydrogen-bond acceptors (Lipinski definition) is 4. The molecular formula is C18H22ClN5. The van der Waals surface area contributed by atoms with Crippen molar-refractivity contribution in [2.75, 3.05) is 5.32 Å². The van der Waals surface area contributed by atoms with Gasteiger partial charge in [-0.3, -0.25) is 0 Å². The van der Waals surface area contributed by atoms with Gasteiger partial charge in [0.1, 0.15) is 5.82 Å². The van der Waals surface area contributed by atoms with Gasteiger partial charge in [-0.2, -0.15) is 4.52 Å². The molecule has 5 nitrogen and oxygen atoms in total. The molecule has 24 heavy (non-hydrogen) atoms. The minimum atomic E-state index is -0.123. The normalized spacial score (nSPS) is 13.2. The van der Waals surface area contributed by atoms with Gasteiger partial charge in [0.25, 0.3) is 0 Å². The highest BCUT2D eigenvalue weighted by molar-refractivity contribution is 6.30. The number of aromatic nitrogens is 4. The molecule has 0 spiro atoms. The number of benzene rings is 1. The second-order valence-electron chi connectivity index (χ2n) is 6.92. The van der Waals surface area contributed by atoms with E-state index in [0.717, 1.165) is 34.3 Å². The molecule has 2 heterocycles. The third-order valence-electron chi connectivity index (χ3n) is 3.92. The van der Waals surface area contributed by atoms with E-state index in [2.05, 4.69) is 54.4 Å². The highest BCUT2D eigenvalue weighted by atomic mass is 35.5. The van der Waals surface area contributed by atoms with Gasteiger partial charge in [0.05, 0.1) is 6.04 Å². The topological polar surface area (TPSA) is 55.1 Å². The zero-order valence-corrected chi connectivity index (χ0v) is 15.2. The summed E-state index contributed by atoms with van der Waals surface area (Å²) < 4.78 is 1.81. The lowest BCUT2D eigenvalue weighted by molar-refractivity contribution is 0.526. The van der Waals surface area contributed by atoms with Crippen LogP contribution in [-0.2, 0) is 5.41 Å². The van der Waals surface area contributed by atoms with E-state index in [-0.39, 0.29) is 11.5 Å². The molecule has 0 saturated heterocycles. The van der Waals surface area contributed by atoms with Crippen molar-refractivity contribution in [1.82, 2.24) is 19.8 Å². The first-order valence-electron chi connectivity index (χ1n) is 8.13. The van der Waals surface area contributed by atoms with Crippen molar-refractivity contribution < 1.29 is 0 Å². The van der Waals surface area contributed by atoms with Crippen molar-refractivity contribution in [3.63, 3.8) is 0 Å². The zero-order valence-electron chi connectivity index (χ0n) is 14.4. The quantitative estimate of drug-likeness (QED) is 0.749. The van der Waals surface area contributed by atoms with Crippen LogP contribution in [0.5, 0.6) is 0 Å². The predicted molar refractivity (Wildman–Crippen MR) is 97.6 cm³/mol. The van der Waals surface area contributed by atoms with Gasteiger partial charge in [0.15, 0.2) is 11.5 Å². The van der Waals surface area contributed by atoms with E-state index in [0.29, 0.717) is 0 Å². The number of nitrogens with one attached hydrogen (secondary N) is 1. The second kappa shape index (κ2) is 6.40. The highest BCUT2D eigenvalue weighted by Gasteiger charge is 2.22. The molecule has 3 aromatic rings. The van der Waals surface area contributed by atoms with Crippen LogP contribution in [-0.4, -0.2) is 19.8 Å². The summed E-state index contributed by atoms with van der Waals surface area (Å²) in [4.78, 5) is 0. The van der Waals surface area contributed by atoms with Crippen LogP contribution in [0.2, 0.25) is 5.02 Å². The van der Waals surface area contributed by atoms with Crippen LogP contribution in [0.25, 0.3) is 5.65 Å². The minimum Gasteiger partial charge on any atom is -0.362 e. The fourth-order valence-electron chi connectivity index (χ4n) is 2.66. The SMILES string of the molecule is CCC(Nc1ccc2nnc(C(C)(C)C)n2n1)c1cccc(Cl)c1. The Labute approximate surface area is 147 Å². The summed E-state index contributed by atoms with van der Waals surface area (Å²) in [5.41, 5.74) is 1.77. The number of rotatable bonds is 4. The molecule has 0 bridgehead atoms. The molecule has 0 radical (unpaired) electrons. The highest BCUT2D eigenvalue weighted by Crippen LogP contribution is 2.25. The molecule has 0 fully saturated rings. The van der Waals surface area contributed by atoms with Gasteiger partial charge in [-0.1, -0.05) is 51.4 Å². The van der Waals surface area contributed by atoms with E-state index in [9.17, 15) is 0 Å². The molecule has 1 unspecified atom stereocenters. The first-order chi connectivity index (χ1) is 11.4. The Morgan fingerprint density at radius 2 is 1.96 bits per heavy atom. The van der Waals surface area contributed by atoms with Gasteiger partial charge < -0.3 is 5.32 Å². The second-order valence-corrected chi connectivity index (χ2v) is 7.36. The molecule has 0 aliphatic rings. The van der Waals surface area contributed by atoms with Gasteiger partial charge in [-0.25, -0.2) is 0 Å². The van der Waals surface area contributed by atoms with Gasteiger partial charge in [-0.15, -0.1) is 15.3 Å². The average Bonchev–Trinajstić information content (AvgIpc) is 2.96. The lowest BCUT2D eigenvalue weighted by Crippen LogP contribution is -2.18. The van der Waals surface area contributed by atoms with Gasteiger partial charge in [0, 0.05) is 10.4 Å². The van der Waals surface area contributed by atoms with Crippen LogP contribution in [0.1, 0.15) is 51.5 Å². The molecule has 126 valence electrons. The summed E-state index contributed by atoms with van der Waals surface area (Å²) >= 11 is 6.12. The maximum atomic E-state index is 6.12. The average molecular weight is 344 g/mol. The number of anilines is 1. The van der Waals surface area contributed by atoms with Crippen LogP contribution < -0.4 is 5.32 Å². The van der Waals surface area contributed by atoms with Gasteiger partial charge in [0.2, 0.25) is 0 Å². The molecule has 1 N–H and O–H groups in total. The standard InChI is InChI=1S/C18H22ClN5/c1-5-14(12-7-6-8-13(19)11-12)20-15-9-10-16-21-22-17(18(2,3)4)24(16)23-15/h6-11,14H,5H2,1-4H3,(H,20,23). The lowest BCUT2D eigenvalue weighted by Gasteiger charge is -2.19. The number of fused-ring (bicyclic) bond motifs is 1. The summed E-state index contributed by atoms with van der Waals surface area (Å²) in [7, 11) is 0. The Kier molecular flexibility index (Phi) is 4.45. The molecule has 3 rings (SSSR count). The smallest absolute Gasteiger partial charge is 0.178 e. The van der Waals surface area contributed by atoms with Crippen LogP contribution in [0.4, 0.5) is 5.82 Å². The third kappa shape index (κ3) is 3.36. The van der Waals surface area contributed by atoms with E-state index < -0.39 is 0 Å². The largest absolute Gasteiger partial charge is 0.362 e. The Morgan fingerprint density at radius 3 is 2.62 bits per heavy atom. The van der Waals surface area contributed by atoms with Crippen molar-refractivity contribution in [2.24, 2.45) is 0 Å².